The Morgan fingerprint density at radius 2 is 1.42 bits per heavy atom. The van der Waals surface area contributed by atoms with Crippen molar-refractivity contribution in [2.45, 2.75) is 134 Å². The fraction of sp³-hybridized carbons (Fsp3) is 0.568. The minimum Gasteiger partial charge on any atom is -0.414 e. The van der Waals surface area contributed by atoms with Crippen LogP contribution < -0.4 is 5.32 Å². The van der Waals surface area contributed by atoms with E-state index >= 15 is 0 Å². The monoisotopic (exact) mass is 807 g/mol. The van der Waals surface area contributed by atoms with Gasteiger partial charge >= 0.3 is 0 Å². The van der Waals surface area contributed by atoms with Crippen molar-refractivity contribution in [3.05, 3.63) is 108 Å². The number of hydrogen-bond donors (Lipinski definition) is 2. The van der Waals surface area contributed by atoms with Crippen LogP contribution in [0, 0.1) is 5.92 Å². The van der Waals surface area contributed by atoms with Crippen LogP contribution in [0.4, 0.5) is 0 Å². The number of aliphatic hydroxyl groups excluding tert-OH is 1. The highest BCUT2D eigenvalue weighted by Crippen LogP contribution is 2.45. The van der Waals surface area contributed by atoms with Gasteiger partial charge in [-0.05, 0) is 35.2 Å². The van der Waals surface area contributed by atoms with Gasteiger partial charge in [0.2, 0.25) is 5.91 Å². The predicted molar refractivity (Wildman–Crippen MR) is 215 cm³/mol. The number of methoxy groups -OCH3 is 1. The molecule has 6 rings (SSSR count). The zero-order chi connectivity index (χ0) is 40.7. The summed E-state index contributed by atoms with van der Waals surface area (Å²) in [5, 5.41) is 14.9. The predicted octanol–water partition coefficient (Wildman–Crippen LogP) is 6.28. The number of hydrogen-bond acceptors (Lipinski definition) is 11. The third-order valence-corrected chi connectivity index (χ3v) is 16.7. The van der Waals surface area contributed by atoms with Crippen LogP contribution >= 0.6 is 0 Å². The Labute approximate surface area is 338 Å². The Hall–Kier alpha value is -3.05. The fourth-order valence-corrected chi connectivity index (χ4v) is 9.82. The standard InChI is InChI=1S/C44H61NO11Si/c1-28(2)44(4,5)57(7,8)52-27-34-37(36(47)35(45-29(3)46)42(48-6)53-34)55-43-40(50-25-31-20-14-10-15-21-31)39(49-24-30-18-12-9-13-19-30)38-33(54-43)26-51-41(56-38)32-22-16-11-17-23-32/h9-23,28,33-43,47H,24-27H2,1-8H3,(H,45,46)/t33-,34-,35-,36-,37-,38-,39+,40-,41-,42-,43-/m1/s1. The Kier molecular flexibility index (Phi) is 14.8. The minimum atomic E-state index is -2.37. The van der Waals surface area contributed by atoms with Crippen molar-refractivity contribution in [2.24, 2.45) is 5.92 Å². The van der Waals surface area contributed by atoms with E-state index in [1.807, 2.05) is 91.0 Å². The molecule has 0 saturated carbocycles. The highest BCUT2D eigenvalue weighted by atomic mass is 28.4. The minimum absolute atomic E-state index is 0.0875. The zero-order valence-corrected chi connectivity index (χ0v) is 35.4. The molecule has 3 aliphatic rings. The molecule has 11 atom stereocenters. The summed E-state index contributed by atoms with van der Waals surface area (Å²) in [4.78, 5) is 12.4. The summed E-state index contributed by atoms with van der Waals surface area (Å²) in [5.41, 5.74) is 2.78. The molecule has 0 aliphatic carbocycles. The number of aliphatic hydroxyl groups is 1. The maximum Gasteiger partial charge on any atom is 0.217 e. The molecule has 3 saturated heterocycles. The Morgan fingerprint density at radius 1 is 0.842 bits per heavy atom. The molecule has 0 bridgehead atoms. The second-order valence-electron chi connectivity index (χ2n) is 16.5. The van der Waals surface area contributed by atoms with E-state index in [0.29, 0.717) is 5.92 Å². The molecule has 0 spiro atoms. The number of ether oxygens (including phenoxy) is 8. The molecular weight excluding hydrogens is 747 g/mol. The van der Waals surface area contributed by atoms with Gasteiger partial charge in [0, 0.05) is 19.6 Å². The molecule has 12 nitrogen and oxygen atoms in total. The Morgan fingerprint density at radius 3 is 1.98 bits per heavy atom. The van der Waals surface area contributed by atoms with E-state index in [-0.39, 0.29) is 37.4 Å². The number of fused-ring (bicyclic) bond motifs is 1. The van der Waals surface area contributed by atoms with Crippen LogP contribution in [0.1, 0.15) is 57.6 Å². The van der Waals surface area contributed by atoms with Crippen molar-refractivity contribution in [3.8, 4) is 0 Å². The molecule has 2 N–H and O–H groups in total. The van der Waals surface area contributed by atoms with Crippen molar-refractivity contribution < 1.29 is 52.2 Å². The van der Waals surface area contributed by atoms with Gasteiger partial charge in [-0.1, -0.05) is 119 Å². The molecule has 0 aromatic heterocycles. The summed E-state index contributed by atoms with van der Waals surface area (Å²) < 4.78 is 59.2. The normalized spacial score (nSPS) is 30.8. The third-order valence-electron chi connectivity index (χ3n) is 12.1. The molecule has 13 heteroatoms. The van der Waals surface area contributed by atoms with E-state index < -0.39 is 76.0 Å². The van der Waals surface area contributed by atoms with Crippen LogP contribution in [0.25, 0.3) is 0 Å². The molecule has 3 aromatic rings. The van der Waals surface area contributed by atoms with Crippen molar-refractivity contribution in [1.82, 2.24) is 5.32 Å². The molecule has 0 unspecified atom stereocenters. The van der Waals surface area contributed by atoms with E-state index in [0.717, 1.165) is 16.7 Å². The summed E-state index contributed by atoms with van der Waals surface area (Å²) in [6.45, 7) is 15.4. The maximum atomic E-state index is 12.4. The van der Waals surface area contributed by atoms with Crippen LogP contribution in [0.5, 0.6) is 0 Å². The molecule has 3 heterocycles. The lowest BCUT2D eigenvalue weighted by Gasteiger charge is -2.51. The average molecular weight is 808 g/mol. The van der Waals surface area contributed by atoms with Crippen molar-refractivity contribution in [1.29, 1.82) is 0 Å². The highest BCUT2D eigenvalue weighted by molar-refractivity contribution is 6.74. The van der Waals surface area contributed by atoms with E-state index in [1.165, 1.54) is 14.0 Å². The number of rotatable bonds is 16. The van der Waals surface area contributed by atoms with Crippen LogP contribution in [0.15, 0.2) is 91.0 Å². The van der Waals surface area contributed by atoms with E-state index in [4.69, 9.17) is 42.3 Å². The number of amides is 1. The zero-order valence-electron chi connectivity index (χ0n) is 34.4. The van der Waals surface area contributed by atoms with Crippen LogP contribution in [0.3, 0.4) is 0 Å². The maximum absolute atomic E-state index is 12.4. The highest BCUT2D eigenvalue weighted by Gasteiger charge is 2.55. The smallest absolute Gasteiger partial charge is 0.217 e. The van der Waals surface area contributed by atoms with Gasteiger partial charge in [-0.15, -0.1) is 0 Å². The average Bonchev–Trinajstić information content (AvgIpc) is 3.21. The number of carbonyl (C=O) groups excluding carboxylic acids is 1. The largest absolute Gasteiger partial charge is 0.414 e. The second-order valence-corrected chi connectivity index (χ2v) is 21.1. The van der Waals surface area contributed by atoms with Crippen molar-refractivity contribution in [2.75, 3.05) is 20.3 Å². The van der Waals surface area contributed by atoms with E-state index in [2.05, 4.69) is 46.1 Å². The summed E-state index contributed by atoms with van der Waals surface area (Å²) in [7, 11) is -0.893. The first kappa shape index (κ1) is 43.5. The number of nitrogens with one attached hydrogen (secondary N) is 1. The quantitative estimate of drug-likeness (QED) is 0.159. The van der Waals surface area contributed by atoms with Crippen LogP contribution in [-0.2, 0) is 60.3 Å². The fourth-order valence-electron chi connectivity index (χ4n) is 7.47. The Bertz CT molecular complexity index is 1680. The van der Waals surface area contributed by atoms with E-state index in [1.54, 1.807) is 0 Å². The molecular formula is C44H61NO11Si. The molecule has 3 fully saturated rings. The molecule has 0 radical (unpaired) electrons. The summed E-state index contributed by atoms with van der Waals surface area (Å²) >= 11 is 0. The van der Waals surface area contributed by atoms with Gasteiger partial charge in [-0.2, -0.15) is 0 Å². The lowest BCUT2D eigenvalue weighted by Crippen LogP contribution is -2.68. The van der Waals surface area contributed by atoms with Gasteiger partial charge in [-0.3, -0.25) is 4.79 Å². The number of carbonyl (C=O) groups is 1. The van der Waals surface area contributed by atoms with Crippen molar-refractivity contribution in [3.63, 3.8) is 0 Å². The van der Waals surface area contributed by atoms with Gasteiger partial charge < -0.3 is 52.7 Å². The molecule has 1 amide bonds. The summed E-state index contributed by atoms with van der Waals surface area (Å²) in [6.07, 6.45) is -8.69. The first-order chi connectivity index (χ1) is 27.3. The molecule has 3 aromatic carbocycles. The third kappa shape index (κ3) is 10.4. The second kappa shape index (κ2) is 19.3. The van der Waals surface area contributed by atoms with Gasteiger partial charge in [0.15, 0.2) is 27.2 Å². The summed E-state index contributed by atoms with van der Waals surface area (Å²) in [6, 6.07) is 28.5. The molecule has 57 heavy (non-hydrogen) atoms. The molecule has 3 aliphatic heterocycles. The Balaban J connectivity index is 1.35. The topological polar surface area (TPSA) is 132 Å². The van der Waals surface area contributed by atoms with Gasteiger partial charge in [0.1, 0.15) is 48.8 Å². The van der Waals surface area contributed by atoms with Gasteiger partial charge in [0.25, 0.3) is 0 Å². The summed E-state index contributed by atoms with van der Waals surface area (Å²) in [5.74, 6) is 0.00495. The van der Waals surface area contributed by atoms with Gasteiger partial charge in [-0.25, -0.2) is 0 Å². The van der Waals surface area contributed by atoms with Crippen LogP contribution in [0.2, 0.25) is 18.1 Å². The van der Waals surface area contributed by atoms with E-state index in [9.17, 15) is 9.90 Å². The number of benzene rings is 3. The first-order valence-electron chi connectivity index (χ1n) is 20.0. The lowest BCUT2D eigenvalue weighted by atomic mass is 9.94. The van der Waals surface area contributed by atoms with Crippen LogP contribution in [-0.4, -0.2) is 101 Å². The molecule has 312 valence electrons. The van der Waals surface area contributed by atoms with Gasteiger partial charge in [0.05, 0.1) is 26.4 Å². The van der Waals surface area contributed by atoms with Crippen molar-refractivity contribution >= 4 is 14.2 Å². The SMILES string of the molecule is CO[C@@H]1O[C@H](CO[Si](C)(C)C(C)(C)C(C)C)[C@@H](O[C@H]2O[C@@H]3CO[C@@H](c4ccccc4)O[C@H]3[C@H](OCc3ccccc3)[C@H]2OCc2ccccc2)[C@H](O)[C@H]1NC(C)=O. The lowest BCUT2D eigenvalue weighted by molar-refractivity contribution is -0.389. The first-order valence-corrected chi connectivity index (χ1v) is 22.9.